The fourth-order valence-corrected chi connectivity index (χ4v) is 1.92. The highest BCUT2D eigenvalue weighted by Crippen LogP contribution is 2.29. The lowest BCUT2D eigenvalue weighted by Gasteiger charge is -2.00. The molecular formula is C11H7N2OS. The van der Waals surface area contributed by atoms with Crippen molar-refractivity contribution in [2.24, 2.45) is 0 Å². The van der Waals surface area contributed by atoms with E-state index in [2.05, 4.69) is 15.9 Å². The Morgan fingerprint density at radius 2 is 2.00 bits per heavy atom. The van der Waals surface area contributed by atoms with E-state index in [1.165, 1.54) is 11.9 Å². The van der Waals surface area contributed by atoms with Crippen molar-refractivity contribution in [2.75, 3.05) is 0 Å². The standard InChI is InChI=1S/C11H7N2OS/c1-2-4-9-8(3-1)5-6-10(12-9)11-7-14-13-15-11/h1-7H. The fourth-order valence-electron chi connectivity index (χ4n) is 1.46. The molecular weight excluding hydrogens is 208 g/mol. The average Bonchev–Trinajstić information content (AvgIpc) is 2.82. The summed E-state index contributed by atoms with van der Waals surface area (Å²) in [6.07, 6.45) is 1.61. The molecule has 73 valence electrons. The molecule has 4 heteroatoms. The van der Waals surface area contributed by atoms with Gasteiger partial charge in [-0.25, -0.2) is 4.98 Å². The number of para-hydroxylation sites is 1. The van der Waals surface area contributed by atoms with Crippen molar-refractivity contribution in [3.63, 3.8) is 0 Å². The number of hydrogen-bond donors (Lipinski definition) is 0. The predicted molar refractivity (Wildman–Crippen MR) is 60.5 cm³/mol. The van der Waals surface area contributed by atoms with Gasteiger partial charge in [0.25, 0.3) is 0 Å². The lowest BCUT2D eigenvalue weighted by molar-refractivity contribution is 0.216. The monoisotopic (exact) mass is 215 g/mol. The second-order valence-electron chi connectivity index (χ2n) is 3.14. The van der Waals surface area contributed by atoms with Crippen LogP contribution in [0.25, 0.3) is 15.8 Å². The number of hydrogen-bond acceptors (Lipinski definition) is 3. The lowest BCUT2D eigenvalue weighted by Crippen LogP contribution is -1.86. The van der Waals surface area contributed by atoms with Gasteiger partial charge in [-0.3, -0.25) is 0 Å². The zero-order valence-corrected chi connectivity index (χ0v) is 8.57. The quantitative estimate of drug-likeness (QED) is 0.686. The Morgan fingerprint density at radius 1 is 1.07 bits per heavy atom. The molecule has 0 saturated carbocycles. The molecule has 0 aliphatic carbocycles. The van der Waals surface area contributed by atoms with Gasteiger partial charge in [0.05, 0.1) is 16.1 Å². The van der Waals surface area contributed by atoms with Crippen LogP contribution >= 0.6 is 11.9 Å². The van der Waals surface area contributed by atoms with Crippen molar-refractivity contribution < 1.29 is 4.84 Å². The summed E-state index contributed by atoms with van der Waals surface area (Å²) in [5.74, 6) is 0. The third kappa shape index (κ3) is 1.58. The van der Waals surface area contributed by atoms with E-state index in [-0.39, 0.29) is 0 Å². The first-order chi connectivity index (χ1) is 7.43. The van der Waals surface area contributed by atoms with E-state index >= 15 is 0 Å². The minimum absolute atomic E-state index is 0.903. The number of rotatable bonds is 1. The third-order valence-corrected chi connectivity index (χ3v) is 2.85. The molecule has 1 aromatic heterocycles. The molecule has 2 aromatic rings. The maximum absolute atomic E-state index is 4.81. The summed E-state index contributed by atoms with van der Waals surface area (Å²) in [4.78, 5) is 14.0. The SMILES string of the molecule is C1=C(c2ccc3ccccc3n2)S[N]O1. The minimum Gasteiger partial charge on any atom is -0.382 e. The summed E-state index contributed by atoms with van der Waals surface area (Å²) in [5.41, 5.74) is 1.89. The Balaban J connectivity index is 2.13. The highest BCUT2D eigenvalue weighted by Gasteiger charge is 2.12. The fraction of sp³-hybridized carbons (Fsp3) is 0. The van der Waals surface area contributed by atoms with Crippen LogP contribution in [-0.2, 0) is 4.84 Å². The zero-order valence-electron chi connectivity index (χ0n) is 7.75. The molecule has 2 heterocycles. The van der Waals surface area contributed by atoms with Crippen LogP contribution in [0.4, 0.5) is 0 Å². The van der Waals surface area contributed by atoms with Gasteiger partial charge >= 0.3 is 0 Å². The van der Waals surface area contributed by atoms with Crippen molar-refractivity contribution in [3.05, 3.63) is 48.4 Å². The lowest BCUT2D eigenvalue weighted by atomic mass is 10.2. The molecule has 15 heavy (non-hydrogen) atoms. The Bertz CT molecular complexity index is 539. The van der Waals surface area contributed by atoms with Gasteiger partial charge in [-0.05, 0) is 12.1 Å². The van der Waals surface area contributed by atoms with Crippen LogP contribution in [0.3, 0.4) is 0 Å². The van der Waals surface area contributed by atoms with Gasteiger partial charge in [-0.2, -0.15) is 0 Å². The van der Waals surface area contributed by atoms with Crippen LogP contribution in [0.1, 0.15) is 5.69 Å². The second-order valence-corrected chi connectivity index (χ2v) is 3.91. The van der Waals surface area contributed by atoms with Gasteiger partial charge < -0.3 is 4.84 Å². The van der Waals surface area contributed by atoms with Crippen LogP contribution in [0, 0.1) is 0 Å². The highest BCUT2D eigenvalue weighted by molar-refractivity contribution is 8.06. The Labute approximate surface area is 91.2 Å². The molecule has 0 unspecified atom stereocenters. The number of nitrogens with zero attached hydrogens (tertiary/aromatic N) is 2. The summed E-state index contributed by atoms with van der Waals surface area (Å²) in [7, 11) is 0. The van der Waals surface area contributed by atoms with Crippen molar-refractivity contribution in [1.29, 1.82) is 0 Å². The largest absolute Gasteiger partial charge is 0.382 e. The Morgan fingerprint density at radius 3 is 2.87 bits per heavy atom. The summed E-state index contributed by atoms with van der Waals surface area (Å²) in [6, 6.07) is 12.1. The van der Waals surface area contributed by atoms with E-state index in [1.807, 2.05) is 30.3 Å². The molecule has 0 fully saturated rings. The van der Waals surface area contributed by atoms with Crippen molar-refractivity contribution in [1.82, 2.24) is 9.87 Å². The molecule has 1 aliphatic rings. The molecule has 0 N–H and O–H groups in total. The second kappa shape index (κ2) is 3.56. The maximum Gasteiger partial charge on any atom is 0.132 e. The predicted octanol–water partition coefficient (Wildman–Crippen LogP) is 2.73. The summed E-state index contributed by atoms with van der Waals surface area (Å²) >= 11 is 1.31. The van der Waals surface area contributed by atoms with Crippen LogP contribution in [0.2, 0.25) is 0 Å². The number of aromatic nitrogens is 1. The molecule has 1 aromatic carbocycles. The van der Waals surface area contributed by atoms with E-state index in [0.717, 1.165) is 21.5 Å². The normalized spacial score (nSPS) is 15.1. The third-order valence-electron chi connectivity index (χ3n) is 2.19. The summed E-state index contributed by atoms with van der Waals surface area (Å²) in [6.45, 7) is 0. The average molecular weight is 215 g/mol. The van der Waals surface area contributed by atoms with Gasteiger partial charge in [-0.1, -0.05) is 24.3 Å². The molecule has 0 atom stereocenters. The highest BCUT2D eigenvalue weighted by atomic mass is 32.2. The van der Waals surface area contributed by atoms with Gasteiger partial charge in [0.15, 0.2) is 0 Å². The Kier molecular flexibility index (Phi) is 2.08. The van der Waals surface area contributed by atoms with Crippen molar-refractivity contribution >= 4 is 27.8 Å². The first-order valence-corrected chi connectivity index (χ1v) is 5.30. The van der Waals surface area contributed by atoms with E-state index < -0.39 is 0 Å². The smallest absolute Gasteiger partial charge is 0.132 e. The molecule has 3 rings (SSSR count). The first kappa shape index (κ1) is 8.76. The molecule has 1 radical (unpaired) electrons. The van der Waals surface area contributed by atoms with Crippen LogP contribution in [0.15, 0.2) is 42.7 Å². The van der Waals surface area contributed by atoms with Crippen LogP contribution in [0.5, 0.6) is 0 Å². The molecule has 0 bridgehead atoms. The molecule has 0 spiro atoms. The minimum atomic E-state index is 0.903. The van der Waals surface area contributed by atoms with Gasteiger partial charge in [0, 0.05) is 22.2 Å². The number of fused-ring (bicyclic) bond motifs is 1. The number of pyridine rings is 1. The maximum atomic E-state index is 4.81. The van der Waals surface area contributed by atoms with Gasteiger partial charge in [0.1, 0.15) is 6.26 Å². The molecule has 0 amide bonds. The summed E-state index contributed by atoms with van der Waals surface area (Å²) in [5, 5.41) is 1.14. The van der Waals surface area contributed by atoms with Crippen LogP contribution < -0.4 is 4.89 Å². The van der Waals surface area contributed by atoms with E-state index in [1.54, 1.807) is 6.26 Å². The van der Waals surface area contributed by atoms with Crippen molar-refractivity contribution in [3.8, 4) is 0 Å². The van der Waals surface area contributed by atoms with Gasteiger partial charge in [0.2, 0.25) is 0 Å². The first-order valence-electron chi connectivity index (χ1n) is 4.53. The van der Waals surface area contributed by atoms with Crippen molar-refractivity contribution in [2.45, 2.75) is 0 Å². The topological polar surface area (TPSA) is 36.2 Å². The summed E-state index contributed by atoms with van der Waals surface area (Å²) < 4.78 is 0. The van der Waals surface area contributed by atoms with E-state index in [9.17, 15) is 0 Å². The van der Waals surface area contributed by atoms with E-state index in [4.69, 9.17) is 4.84 Å². The zero-order chi connectivity index (χ0) is 10.1. The molecule has 3 nitrogen and oxygen atoms in total. The number of benzene rings is 1. The molecule has 1 aliphatic heterocycles. The molecule has 0 saturated heterocycles. The van der Waals surface area contributed by atoms with E-state index in [0.29, 0.717) is 0 Å². The van der Waals surface area contributed by atoms with Crippen LogP contribution in [-0.4, -0.2) is 4.98 Å². The Hall–Kier alpha value is -1.52. The van der Waals surface area contributed by atoms with Gasteiger partial charge in [-0.15, -0.1) is 0 Å².